The first-order chi connectivity index (χ1) is 4.79. The molecule has 0 unspecified atom stereocenters. The van der Waals surface area contributed by atoms with Gasteiger partial charge in [-0.25, -0.2) is 0 Å². The minimum Gasteiger partial charge on any atom is -0.378 e. The lowest BCUT2D eigenvalue weighted by Crippen LogP contribution is -1.86. The van der Waals surface area contributed by atoms with Gasteiger partial charge >= 0.3 is 0 Å². The highest BCUT2D eigenvalue weighted by Gasteiger charge is 2.06. The summed E-state index contributed by atoms with van der Waals surface area (Å²) in [5.74, 6) is 0. The predicted molar refractivity (Wildman–Crippen MR) is 41.1 cm³/mol. The number of nitriles is 1. The van der Waals surface area contributed by atoms with Gasteiger partial charge in [-0.1, -0.05) is 0 Å². The molecule has 0 fully saturated rings. The fourth-order valence-corrected chi connectivity index (χ4v) is 1.37. The average molecular weight is 153 g/mol. The first kappa shape index (κ1) is 7.03. The molecule has 52 valence electrons. The summed E-state index contributed by atoms with van der Waals surface area (Å²) in [5.41, 5.74) is 1.46. The molecule has 10 heavy (non-hydrogen) atoms. The molecule has 0 saturated heterocycles. The van der Waals surface area contributed by atoms with Gasteiger partial charge in [0.25, 0.3) is 0 Å². The van der Waals surface area contributed by atoms with E-state index in [1.807, 2.05) is 6.92 Å². The Morgan fingerprint density at radius 3 is 2.80 bits per heavy atom. The van der Waals surface area contributed by atoms with E-state index in [0.717, 1.165) is 10.7 Å². The third-order valence-electron chi connectivity index (χ3n) is 1.20. The number of aromatic nitrogens is 1. The predicted octanol–water partition coefficient (Wildman–Crippen LogP) is 1.36. The highest BCUT2D eigenvalue weighted by atomic mass is 32.1. The second-order valence-corrected chi connectivity index (χ2v) is 2.61. The van der Waals surface area contributed by atoms with Gasteiger partial charge in [-0.05, 0) is 18.5 Å². The monoisotopic (exact) mass is 153 g/mol. The summed E-state index contributed by atoms with van der Waals surface area (Å²) in [6, 6.07) is 2.08. The first-order valence-electron chi connectivity index (χ1n) is 2.83. The van der Waals surface area contributed by atoms with Gasteiger partial charge in [0.05, 0.1) is 5.69 Å². The topological polar surface area (TPSA) is 48.7 Å². The van der Waals surface area contributed by atoms with Gasteiger partial charge in [0.1, 0.15) is 16.6 Å². The molecule has 0 aliphatic carbocycles. The van der Waals surface area contributed by atoms with Crippen LogP contribution in [0.15, 0.2) is 0 Å². The molecule has 1 rings (SSSR count). The van der Waals surface area contributed by atoms with E-state index >= 15 is 0 Å². The van der Waals surface area contributed by atoms with Gasteiger partial charge in [0.2, 0.25) is 0 Å². The molecule has 1 aromatic heterocycles. The summed E-state index contributed by atoms with van der Waals surface area (Å²) in [5, 5.41) is 12.3. The molecule has 1 aromatic rings. The zero-order valence-corrected chi connectivity index (χ0v) is 6.62. The van der Waals surface area contributed by atoms with E-state index in [1.54, 1.807) is 7.05 Å². The summed E-state index contributed by atoms with van der Waals surface area (Å²) >= 11 is 1.32. The van der Waals surface area contributed by atoms with E-state index in [0.29, 0.717) is 5.56 Å². The van der Waals surface area contributed by atoms with E-state index in [2.05, 4.69) is 15.8 Å². The second-order valence-electron chi connectivity index (χ2n) is 1.83. The molecule has 0 amide bonds. The van der Waals surface area contributed by atoms with Crippen molar-refractivity contribution in [2.75, 3.05) is 12.4 Å². The van der Waals surface area contributed by atoms with Crippen LogP contribution in [-0.2, 0) is 0 Å². The Morgan fingerprint density at radius 1 is 1.70 bits per heavy atom. The van der Waals surface area contributed by atoms with E-state index in [1.165, 1.54) is 11.5 Å². The van der Waals surface area contributed by atoms with Gasteiger partial charge < -0.3 is 5.32 Å². The number of aryl methyl sites for hydroxylation is 1. The number of nitrogens with zero attached hydrogens (tertiary/aromatic N) is 2. The van der Waals surface area contributed by atoms with Gasteiger partial charge in [-0.2, -0.15) is 9.64 Å². The summed E-state index contributed by atoms with van der Waals surface area (Å²) in [6.07, 6.45) is 0. The van der Waals surface area contributed by atoms with Crippen LogP contribution in [0.4, 0.5) is 5.00 Å². The van der Waals surface area contributed by atoms with Crippen LogP contribution < -0.4 is 5.32 Å². The zero-order chi connectivity index (χ0) is 7.56. The molecule has 1 N–H and O–H groups in total. The maximum absolute atomic E-state index is 8.60. The Balaban J connectivity index is 3.17. The van der Waals surface area contributed by atoms with Crippen LogP contribution in [0.25, 0.3) is 0 Å². The molecular weight excluding hydrogens is 146 g/mol. The third-order valence-corrected chi connectivity index (χ3v) is 2.16. The summed E-state index contributed by atoms with van der Waals surface area (Å²) in [6.45, 7) is 1.83. The molecule has 3 nitrogen and oxygen atoms in total. The zero-order valence-electron chi connectivity index (χ0n) is 5.80. The van der Waals surface area contributed by atoms with Gasteiger partial charge in [-0.3, -0.25) is 0 Å². The molecule has 0 aliphatic rings. The van der Waals surface area contributed by atoms with E-state index < -0.39 is 0 Å². The smallest absolute Gasteiger partial charge is 0.127 e. The fraction of sp³-hybridized carbons (Fsp3) is 0.333. The Morgan fingerprint density at radius 2 is 2.40 bits per heavy atom. The highest BCUT2D eigenvalue weighted by Crippen LogP contribution is 2.21. The maximum Gasteiger partial charge on any atom is 0.127 e. The SMILES string of the molecule is CNc1snc(C)c1C#N. The summed E-state index contributed by atoms with van der Waals surface area (Å²) in [4.78, 5) is 0. The minimum atomic E-state index is 0.660. The standard InChI is InChI=1S/C6H7N3S/c1-4-5(3-7)6(8-2)10-9-4/h8H,1-2H3. The van der Waals surface area contributed by atoms with Gasteiger partial charge in [0, 0.05) is 7.05 Å². The lowest BCUT2D eigenvalue weighted by Gasteiger charge is -1.90. The summed E-state index contributed by atoms with van der Waals surface area (Å²) in [7, 11) is 1.79. The van der Waals surface area contributed by atoms with Crippen molar-refractivity contribution in [2.24, 2.45) is 0 Å². The van der Waals surface area contributed by atoms with Gasteiger partial charge in [0.15, 0.2) is 0 Å². The molecule has 0 saturated carbocycles. The van der Waals surface area contributed by atoms with Crippen LogP contribution in [0, 0.1) is 18.3 Å². The second kappa shape index (κ2) is 2.67. The van der Waals surface area contributed by atoms with Crippen molar-refractivity contribution >= 4 is 16.5 Å². The number of rotatable bonds is 1. The molecule has 0 atom stereocenters. The number of hydrogen-bond acceptors (Lipinski definition) is 4. The van der Waals surface area contributed by atoms with Crippen molar-refractivity contribution in [1.29, 1.82) is 5.26 Å². The number of nitrogens with one attached hydrogen (secondary N) is 1. The Bertz CT molecular complexity index is 271. The van der Waals surface area contributed by atoms with Crippen molar-refractivity contribution in [3.8, 4) is 6.07 Å². The van der Waals surface area contributed by atoms with Crippen molar-refractivity contribution in [3.05, 3.63) is 11.3 Å². The van der Waals surface area contributed by atoms with E-state index in [9.17, 15) is 0 Å². The normalized spacial score (nSPS) is 8.90. The largest absolute Gasteiger partial charge is 0.378 e. The van der Waals surface area contributed by atoms with Crippen LogP contribution in [0.3, 0.4) is 0 Å². The molecule has 0 aliphatic heterocycles. The number of anilines is 1. The van der Waals surface area contributed by atoms with Crippen LogP contribution in [0.1, 0.15) is 11.3 Å². The average Bonchev–Trinajstić information content (AvgIpc) is 2.30. The van der Waals surface area contributed by atoms with Crippen LogP contribution in [0.2, 0.25) is 0 Å². The van der Waals surface area contributed by atoms with Crippen molar-refractivity contribution in [1.82, 2.24) is 4.37 Å². The Hall–Kier alpha value is -1.08. The fourth-order valence-electron chi connectivity index (χ4n) is 0.672. The lowest BCUT2D eigenvalue weighted by atomic mass is 10.3. The third kappa shape index (κ3) is 0.957. The molecule has 0 bridgehead atoms. The highest BCUT2D eigenvalue weighted by molar-refractivity contribution is 7.10. The van der Waals surface area contributed by atoms with Crippen molar-refractivity contribution in [2.45, 2.75) is 6.92 Å². The van der Waals surface area contributed by atoms with Crippen LogP contribution in [0.5, 0.6) is 0 Å². The Labute approximate surface area is 63.5 Å². The molecule has 0 spiro atoms. The molecule has 0 radical (unpaired) electrons. The summed E-state index contributed by atoms with van der Waals surface area (Å²) < 4.78 is 4.01. The maximum atomic E-state index is 8.60. The molecular formula is C6H7N3S. The number of hydrogen-bond donors (Lipinski definition) is 1. The molecule has 1 heterocycles. The molecule has 0 aromatic carbocycles. The lowest BCUT2D eigenvalue weighted by molar-refractivity contribution is 1.31. The van der Waals surface area contributed by atoms with Crippen LogP contribution >= 0.6 is 11.5 Å². The van der Waals surface area contributed by atoms with E-state index in [4.69, 9.17) is 5.26 Å². The van der Waals surface area contributed by atoms with Crippen molar-refractivity contribution in [3.63, 3.8) is 0 Å². The Kier molecular flexibility index (Phi) is 1.88. The first-order valence-corrected chi connectivity index (χ1v) is 3.61. The van der Waals surface area contributed by atoms with Crippen LogP contribution in [-0.4, -0.2) is 11.4 Å². The molecule has 4 heteroatoms. The van der Waals surface area contributed by atoms with E-state index in [-0.39, 0.29) is 0 Å². The van der Waals surface area contributed by atoms with Crippen molar-refractivity contribution < 1.29 is 0 Å². The minimum absolute atomic E-state index is 0.660. The quantitative estimate of drug-likeness (QED) is 0.662. The van der Waals surface area contributed by atoms with Gasteiger partial charge in [-0.15, -0.1) is 0 Å².